The molecule has 0 aliphatic heterocycles. The van der Waals surface area contributed by atoms with Gasteiger partial charge in [-0.2, -0.15) is 0 Å². The lowest BCUT2D eigenvalue weighted by molar-refractivity contribution is 0.0769. The number of hydrogen-bond donors (Lipinski definition) is 0. The third-order valence-corrected chi connectivity index (χ3v) is 2.53. The maximum atomic E-state index is 12.2. The predicted molar refractivity (Wildman–Crippen MR) is 65.0 cm³/mol. The topological polar surface area (TPSA) is 29.5 Å². The van der Waals surface area contributed by atoms with Gasteiger partial charge in [0.25, 0.3) is 5.91 Å². The number of aryl methyl sites for hydroxylation is 1. The van der Waals surface area contributed by atoms with E-state index in [0.717, 1.165) is 5.56 Å². The lowest BCUT2D eigenvalue weighted by Crippen LogP contribution is -2.30. The van der Waals surface area contributed by atoms with Gasteiger partial charge in [0.2, 0.25) is 0 Å². The summed E-state index contributed by atoms with van der Waals surface area (Å²) in [6, 6.07) is 3.69. The summed E-state index contributed by atoms with van der Waals surface area (Å²) in [5.74, 6) is 0.337. The number of carbonyl (C=O) groups excluding carboxylic acids is 1. The molecule has 1 rings (SSSR count). The van der Waals surface area contributed by atoms with Crippen LogP contribution in [0.4, 0.5) is 0 Å². The molecule has 0 heterocycles. The predicted octanol–water partition coefficient (Wildman–Crippen LogP) is 2.49. The van der Waals surface area contributed by atoms with Crippen molar-refractivity contribution in [2.75, 3.05) is 20.2 Å². The molecule has 3 heteroatoms. The van der Waals surface area contributed by atoms with Gasteiger partial charge in [0.05, 0.1) is 14.0 Å². The Balaban J connectivity index is 3.25. The number of ether oxygens (including phenoxy) is 1. The monoisotopic (exact) mass is 222 g/mol. The van der Waals surface area contributed by atoms with E-state index in [-0.39, 0.29) is 11.9 Å². The van der Waals surface area contributed by atoms with Crippen LogP contribution in [0.25, 0.3) is 0 Å². The Morgan fingerprint density at radius 3 is 2.62 bits per heavy atom. The zero-order chi connectivity index (χ0) is 13.0. The number of nitrogens with zero attached hydrogens (tertiary/aromatic N) is 1. The Morgan fingerprint density at radius 1 is 1.50 bits per heavy atom. The van der Waals surface area contributed by atoms with Crippen LogP contribution in [0.1, 0.15) is 31.1 Å². The Kier molecular flexibility index (Phi) is 3.81. The van der Waals surface area contributed by atoms with Gasteiger partial charge in [0.1, 0.15) is 5.75 Å². The van der Waals surface area contributed by atoms with Gasteiger partial charge < -0.3 is 9.64 Å². The summed E-state index contributed by atoms with van der Waals surface area (Å²) in [5.41, 5.74) is 1.27. The minimum Gasteiger partial charge on any atom is -0.496 e. The highest BCUT2D eigenvalue weighted by molar-refractivity contribution is 5.97. The molecule has 0 saturated heterocycles. The normalized spacial score (nSPS) is 10.9. The smallest absolute Gasteiger partial charge is 0.257 e. The third-order valence-electron chi connectivity index (χ3n) is 2.53. The number of carbonyl (C=O) groups is 1. The molecule has 0 aromatic heterocycles. The van der Waals surface area contributed by atoms with E-state index in [4.69, 9.17) is 6.11 Å². The maximum absolute atomic E-state index is 12.2. The molecule has 0 aliphatic rings. The van der Waals surface area contributed by atoms with Crippen molar-refractivity contribution < 1.29 is 10.9 Å². The van der Waals surface area contributed by atoms with E-state index in [1.54, 1.807) is 17.0 Å². The van der Waals surface area contributed by atoms with Crippen LogP contribution in [0, 0.1) is 6.92 Å². The molecule has 1 amide bonds. The molecular weight excluding hydrogens is 202 g/mol. The fourth-order valence-corrected chi connectivity index (χ4v) is 1.57. The fourth-order valence-electron chi connectivity index (χ4n) is 1.57. The average molecular weight is 222 g/mol. The highest BCUT2D eigenvalue weighted by Gasteiger charge is 2.16. The number of rotatable bonds is 4. The van der Waals surface area contributed by atoms with Gasteiger partial charge in [-0.05, 0) is 38.4 Å². The Bertz CT molecular complexity index is 414. The summed E-state index contributed by atoms with van der Waals surface area (Å²) in [6.45, 7) is 6.99. The van der Waals surface area contributed by atoms with Gasteiger partial charge in [-0.3, -0.25) is 4.79 Å². The van der Waals surface area contributed by atoms with Crippen LogP contribution in [0.3, 0.4) is 0 Å². The van der Waals surface area contributed by atoms with Crippen LogP contribution < -0.4 is 4.74 Å². The van der Waals surface area contributed by atoms with Crippen LogP contribution in [0.2, 0.25) is 0 Å². The Morgan fingerprint density at radius 2 is 2.12 bits per heavy atom. The summed E-state index contributed by atoms with van der Waals surface area (Å²) in [5, 5.41) is 0. The van der Waals surface area contributed by atoms with E-state index in [0.29, 0.717) is 24.4 Å². The molecule has 1 aromatic rings. The largest absolute Gasteiger partial charge is 0.496 e. The molecular formula is C13H19NO2. The number of hydrogen-bond acceptors (Lipinski definition) is 2. The first-order valence-corrected chi connectivity index (χ1v) is 5.49. The van der Waals surface area contributed by atoms with Gasteiger partial charge in [-0.1, -0.05) is 6.07 Å². The zero-order valence-electron chi connectivity index (χ0n) is 11.3. The molecule has 0 unspecified atom stereocenters. The molecule has 0 spiro atoms. The summed E-state index contributed by atoms with van der Waals surface area (Å²) >= 11 is 0. The molecule has 0 N–H and O–H groups in total. The second-order valence-corrected chi connectivity index (χ2v) is 3.60. The zero-order valence-corrected chi connectivity index (χ0v) is 10.3. The van der Waals surface area contributed by atoms with Crippen LogP contribution in [0.5, 0.6) is 5.75 Å². The van der Waals surface area contributed by atoms with Gasteiger partial charge in [0.15, 0.2) is 0 Å². The molecule has 0 radical (unpaired) electrons. The number of methoxy groups -OCH3 is 1. The molecule has 1 aromatic carbocycles. The fraction of sp³-hybridized carbons (Fsp3) is 0.462. The van der Waals surface area contributed by atoms with Gasteiger partial charge in [-0.25, -0.2) is 0 Å². The van der Waals surface area contributed by atoms with E-state index in [1.165, 1.54) is 7.11 Å². The van der Waals surface area contributed by atoms with Gasteiger partial charge >= 0.3 is 0 Å². The van der Waals surface area contributed by atoms with Crippen molar-refractivity contribution in [1.82, 2.24) is 4.90 Å². The van der Waals surface area contributed by atoms with Crippen LogP contribution >= 0.6 is 0 Å². The van der Waals surface area contributed by atoms with E-state index in [9.17, 15) is 4.79 Å². The molecule has 3 nitrogen and oxygen atoms in total. The van der Waals surface area contributed by atoms with E-state index in [2.05, 4.69) is 0 Å². The molecule has 0 fully saturated rings. The Labute approximate surface area is 98.4 Å². The summed E-state index contributed by atoms with van der Waals surface area (Å²) in [7, 11) is 1.52. The van der Waals surface area contributed by atoms with Crippen molar-refractivity contribution in [2.45, 2.75) is 20.8 Å². The van der Waals surface area contributed by atoms with Crippen molar-refractivity contribution in [1.29, 1.82) is 0 Å². The first-order chi connectivity index (χ1) is 8.04. The van der Waals surface area contributed by atoms with Crippen molar-refractivity contribution in [3.63, 3.8) is 0 Å². The van der Waals surface area contributed by atoms with Crippen molar-refractivity contribution in [3.8, 4) is 5.75 Å². The van der Waals surface area contributed by atoms with Crippen LogP contribution in [-0.2, 0) is 0 Å². The summed E-state index contributed by atoms with van der Waals surface area (Å²) < 4.78 is 13.1. The standard InChI is InChI=1S/C13H19NO2/c1-5-14(6-2)13(15)11-8-7-10(3)9-12(11)16-4/h7-9H,5-6H2,1-4H3/i8D. The van der Waals surface area contributed by atoms with Crippen LogP contribution in [-0.4, -0.2) is 31.0 Å². The Hall–Kier alpha value is -1.51. The van der Waals surface area contributed by atoms with Crippen LogP contribution in [0.15, 0.2) is 18.2 Å². The quantitative estimate of drug-likeness (QED) is 0.783. The third kappa shape index (κ3) is 2.54. The van der Waals surface area contributed by atoms with Crippen molar-refractivity contribution in [3.05, 3.63) is 29.3 Å². The molecule has 88 valence electrons. The minimum atomic E-state index is -0.142. The molecule has 16 heavy (non-hydrogen) atoms. The van der Waals surface area contributed by atoms with E-state index < -0.39 is 0 Å². The lowest BCUT2D eigenvalue weighted by atomic mass is 10.1. The average Bonchev–Trinajstić information content (AvgIpc) is 2.29. The van der Waals surface area contributed by atoms with Crippen molar-refractivity contribution >= 4 is 5.91 Å². The first-order valence-electron chi connectivity index (χ1n) is 5.99. The van der Waals surface area contributed by atoms with Gasteiger partial charge in [0, 0.05) is 13.1 Å². The number of amides is 1. The molecule has 0 bridgehead atoms. The molecule has 0 saturated carbocycles. The van der Waals surface area contributed by atoms with E-state index in [1.807, 2.05) is 20.8 Å². The first kappa shape index (κ1) is 11.0. The highest BCUT2D eigenvalue weighted by Crippen LogP contribution is 2.21. The maximum Gasteiger partial charge on any atom is 0.257 e. The van der Waals surface area contributed by atoms with Gasteiger partial charge in [-0.15, -0.1) is 0 Å². The SMILES string of the molecule is [2H]c1cc(C)cc(OC)c1C(=O)N(CC)CC. The van der Waals surface area contributed by atoms with Crippen molar-refractivity contribution in [2.24, 2.45) is 0 Å². The van der Waals surface area contributed by atoms with E-state index >= 15 is 0 Å². The summed E-state index contributed by atoms with van der Waals surface area (Å²) in [6.07, 6.45) is 0. The lowest BCUT2D eigenvalue weighted by Gasteiger charge is -2.20. The molecule has 0 atom stereocenters. The molecule has 0 aliphatic carbocycles. The highest BCUT2D eigenvalue weighted by atomic mass is 16.5. The second-order valence-electron chi connectivity index (χ2n) is 3.60. The summed E-state index contributed by atoms with van der Waals surface area (Å²) in [4.78, 5) is 13.9. The second kappa shape index (κ2) is 5.54. The minimum absolute atomic E-state index is 0.142. The number of benzene rings is 1.